The zero-order chi connectivity index (χ0) is 22.8. The van der Waals surface area contributed by atoms with E-state index in [-0.39, 0.29) is 24.8 Å². The summed E-state index contributed by atoms with van der Waals surface area (Å²) in [6, 6.07) is 9.26. The summed E-state index contributed by atoms with van der Waals surface area (Å²) in [6.07, 6.45) is 4.48. The number of nitrogens with zero attached hydrogens (tertiary/aromatic N) is 6. The summed E-state index contributed by atoms with van der Waals surface area (Å²) in [7, 11) is 0. The van der Waals surface area contributed by atoms with Gasteiger partial charge in [-0.3, -0.25) is 4.79 Å². The van der Waals surface area contributed by atoms with Crippen molar-refractivity contribution in [3.8, 4) is 17.1 Å². The van der Waals surface area contributed by atoms with Crippen molar-refractivity contribution in [2.45, 2.75) is 12.5 Å². The second-order valence-corrected chi connectivity index (χ2v) is 7.85. The van der Waals surface area contributed by atoms with Crippen molar-refractivity contribution < 1.29 is 18.4 Å². The number of rotatable bonds is 5. The molecule has 1 unspecified atom stereocenters. The highest BCUT2D eigenvalue weighted by molar-refractivity contribution is 6.33. The average Bonchev–Trinajstić information content (AvgIpc) is 3.55. The summed E-state index contributed by atoms with van der Waals surface area (Å²) in [5.74, 6) is -0.281. The molecule has 0 saturated carbocycles. The Bertz CT molecular complexity index is 1270. The van der Waals surface area contributed by atoms with Gasteiger partial charge in [-0.2, -0.15) is 15.2 Å². The molecule has 0 N–H and O–H groups in total. The normalized spacial score (nSPS) is 16.2. The third-order valence-electron chi connectivity index (χ3n) is 5.45. The Hall–Kier alpha value is -3.63. The first-order valence-corrected chi connectivity index (χ1v) is 10.6. The molecule has 11 heteroatoms. The van der Waals surface area contributed by atoms with Crippen LogP contribution < -0.4 is 0 Å². The molecule has 2 aromatic heterocycles. The van der Waals surface area contributed by atoms with Crippen LogP contribution in [-0.4, -0.2) is 61.7 Å². The maximum atomic E-state index is 14.7. The summed E-state index contributed by atoms with van der Waals surface area (Å²) >= 11 is 6.39. The molecular weight excluding hydrogens is 451 g/mol. The quantitative estimate of drug-likeness (QED) is 0.443. The number of carbonyl (C=O) groups excluding carboxylic acids is 1. The largest absolute Gasteiger partial charge is 0.377 e. The third-order valence-corrected chi connectivity index (χ3v) is 5.75. The van der Waals surface area contributed by atoms with Crippen LogP contribution >= 0.6 is 11.6 Å². The van der Waals surface area contributed by atoms with Crippen molar-refractivity contribution in [2.75, 3.05) is 19.8 Å². The van der Waals surface area contributed by atoms with E-state index in [2.05, 4.69) is 20.3 Å². The van der Waals surface area contributed by atoms with Crippen molar-refractivity contribution in [3.63, 3.8) is 0 Å². The van der Waals surface area contributed by atoms with Crippen molar-refractivity contribution in [1.82, 2.24) is 30.0 Å². The van der Waals surface area contributed by atoms with E-state index in [1.165, 1.54) is 29.7 Å². The number of halogens is 2. The molecule has 33 heavy (non-hydrogen) atoms. The van der Waals surface area contributed by atoms with Crippen LogP contribution in [0.25, 0.3) is 17.1 Å². The van der Waals surface area contributed by atoms with Crippen molar-refractivity contribution in [1.29, 1.82) is 0 Å². The molecule has 5 rings (SSSR count). The molecule has 1 atom stereocenters. The zero-order valence-corrected chi connectivity index (χ0v) is 18.0. The lowest BCUT2D eigenvalue weighted by molar-refractivity contribution is -0.00185. The van der Waals surface area contributed by atoms with Gasteiger partial charge in [-0.05, 0) is 42.3 Å². The van der Waals surface area contributed by atoms with Crippen LogP contribution in [0.3, 0.4) is 0 Å². The third kappa shape index (κ3) is 4.22. The fourth-order valence-corrected chi connectivity index (χ4v) is 4.14. The Morgan fingerprint density at radius 2 is 2.06 bits per heavy atom. The monoisotopic (exact) mass is 468 g/mol. The van der Waals surface area contributed by atoms with Gasteiger partial charge in [0.1, 0.15) is 11.5 Å². The number of benzene rings is 2. The lowest BCUT2D eigenvalue weighted by Crippen LogP contribution is -2.50. The second kappa shape index (κ2) is 9.08. The van der Waals surface area contributed by atoms with E-state index in [4.69, 9.17) is 20.9 Å². The van der Waals surface area contributed by atoms with Gasteiger partial charge < -0.3 is 14.2 Å². The first-order valence-electron chi connectivity index (χ1n) is 10.2. The topological polar surface area (TPSA) is 99.2 Å². The molecule has 2 aromatic carbocycles. The standard InChI is InChI=1S/C22H18ClFN6O3/c23-18-3-1-2-17(20(18)30-26-6-7-27-30)22(31)29-8-9-32-12-16(29)11-15-10-14(4-5-19(15)24)21-25-13-33-28-21/h1-7,10,13,16H,8-9,11-12H2. The SMILES string of the molecule is O=C(c1cccc(Cl)c1-n1nccn1)N1CCOCC1Cc1cc(-c2ncon2)ccc1F. The van der Waals surface area contributed by atoms with E-state index in [0.29, 0.717) is 46.4 Å². The average molecular weight is 469 g/mol. The molecule has 0 bridgehead atoms. The highest BCUT2D eigenvalue weighted by Crippen LogP contribution is 2.27. The molecule has 4 aromatic rings. The molecule has 1 saturated heterocycles. The summed E-state index contributed by atoms with van der Waals surface area (Å²) < 4.78 is 25.1. The van der Waals surface area contributed by atoms with Crippen LogP contribution in [0.1, 0.15) is 15.9 Å². The molecule has 3 heterocycles. The fourth-order valence-electron chi connectivity index (χ4n) is 3.89. The van der Waals surface area contributed by atoms with Gasteiger partial charge in [0, 0.05) is 12.1 Å². The lowest BCUT2D eigenvalue weighted by Gasteiger charge is -2.36. The van der Waals surface area contributed by atoms with Crippen molar-refractivity contribution >= 4 is 17.5 Å². The van der Waals surface area contributed by atoms with Gasteiger partial charge in [0.25, 0.3) is 5.91 Å². The van der Waals surface area contributed by atoms with E-state index in [0.717, 1.165) is 0 Å². The first kappa shape index (κ1) is 21.2. The van der Waals surface area contributed by atoms with E-state index in [1.54, 1.807) is 35.2 Å². The van der Waals surface area contributed by atoms with Gasteiger partial charge >= 0.3 is 0 Å². The van der Waals surface area contributed by atoms with E-state index >= 15 is 0 Å². The second-order valence-electron chi connectivity index (χ2n) is 7.45. The Labute approximate surface area is 192 Å². The molecule has 1 fully saturated rings. The number of carbonyl (C=O) groups is 1. The van der Waals surface area contributed by atoms with Gasteiger partial charge in [-0.15, -0.1) is 4.80 Å². The minimum absolute atomic E-state index is 0.249. The van der Waals surface area contributed by atoms with E-state index in [9.17, 15) is 9.18 Å². The molecule has 1 aliphatic heterocycles. The number of ether oxygens (including phenoxy) is 1. The predicted octanol–water partition coefficient (Wildman–Crippen LogP) is 3.19. The molecule has 168 valence electrons. The number of amides is 1. The van der Waals surface area contributed by atoms with Crippen LogP contribution in [0.2, 0.25) is 5.02 Å². The smallest absolute Gasteiger partial charge is 0.256 e. The van der Waals surface area contributed by atoms with Gasteiger partial charge in [0.05, 0.1) is 42.2 Å². The maximum Gasteiger partial charge on any atom is 0.256 e. The summed E-state index contributed by atoms with van der Waals surface area (Å²) in [6.45, 7) is 1.01. The number of morpholine rings is 1. The van der Waals surface area contributed by atoms with E-state index in [1.807, 2.05) is 0 Å². The lowest BCUT2D eigenvalue weighted by atomic mass is 10.00. The van der Waals surface area contributed by atoms with Crippen LogP contribution in [0, 0.1) is 5.82 Å². The molecule has 1 aliphatic rings. The Morgan fingerprint density at radius 1 is 1.21 bits per heavy atom. The Morgan fingerprint density at radius 3 is 2.85 bits per heavy atom. The number of hydrogen-bond donors (Lipinski definition) is 0. The highest BCUT2D eigenvalue weighted by atomic mass is 35.5. The van der Waals surface area contributed by atoms with Crippen LogP contribution in [0.15, 0.2) is 59.7 Å². The molecule has 0 radical (unpaired) electrons. The molecule has 1 amide bonds. The Kier molecular flexibility index (Phi) is 5.84. The number of para-hydroxylation sites is 1. The highest BCUT2D eigenvalue weighted by Gasteiger charge is 2.31. The van der Waals surface area contributed by atoms with Gasteiger partial charge in [-0.1, -0.05) is 22.8 Å². The van der Waals surface area contributed by atoms with Crippen molar-refractivity contribution in [2.24, 2.45) is 0 Å². The predicted molar refractivity (Wildman–Crippen MR) is 115 cm³/mol. The minimum atomic E-state index is -0.390. The van der Waals surface area contributed by atoms with Crippen LogP contribution in [-0.2, 0) is 11.2 Å². The summed E-state index contributed by atoms with van der Waals surface area (Å²) in [4.78, 5) is 20.6. The molecule has 0 aliphatic carbocycles. The van der Waals surface area contributed by atoms with Crippen molar-refractivity contribution in [3.05, 3.63) is 77.2 Å². The van der Waals surface area contributed by atoms with E-state index < -0.39 is 6.04 Å². The summed E-state index contributed by atoms with van der Waals surface area (Å²) in [5, 5.41) is 12.4. The van der Waals surface area contributed by atoms with Gasteiger partial charge in [-0.25, -0.2) is 4.39 Å². The van der Waals surface area contributed by atoms with Gasteiger partial charge in [0.15, 0.2) is 0 Å². The van der Waals surface area contributed by atoms with Crippen LogP contribution in [0.4, 0.5) is 4.39 Å². The fraction of sp³-hybridized carbons (Fsp3) is 0.227. The molecular formula is C22H18ClFN6O3. The van der Waals surface area contributed by atoms with Gasteiger partial charge in [0.2, 0.25) is 12.2 Å². The number of aromatic nitrogens is 5. The first-order chi connectivity index (χ1) is 16.1. The molecule has 0 spiro atoms. The Balaban J connectivity index is 1.46. The van der Waals surface area contributed by atoms with Crippen LogP contribution in [0.5, 0.6) is 0 Å². The maximum absolute atomic E-state index is 14.7. The minimum Gasteiger partial charge on any atom is -0.377 e. The summed E-state index contributed by atoms with van der Waals surface area (Å²) in [5.41, 5.74) is 1.79. The number of hydrogen-bond acceptors (Lipinski definition) is 7. The molecule has 9 nitrogen and oxygen atoms in total. The zero-order valence-electron chi connectivity index (χ0n) is 17.3.